The highest BCUT2D eigenvalue weighted by Gasteiger charge is 2.36. The number of benzene rings is 1. The van der Waals surface area contributed by atoms with Crippen LogP contribution in [0.2, 0.25) is 5.02 Å². The van der Waals surface area contributed by atoms with E-state index in [-0.39, 0.29) is 18.0 Å². The Balaban J connectivity index is 1.69. The van der Waals surface area contributed by atoms with Crippen LogP contribution in [0.5, 0.6) is 0 Å². The van der Waals surface area contributed by atoms with Crippen molar-refractivity contribution < 1.29 is 9.59 Å². The molecule has 1 aliphatic heterocycles. The molecule has 0 bridgehead atoms. The van der Waals surface area contributed by atoms with Crippen LogP contribution in [0.1, 0.15) is 31.2 Å². The molecular formula is C16H20ClN3O2. The van der Waals surface area contributed by atoms with Gasteiger partial charge < -0.3 is 15.5 Å². The van der Waals surface area contributed by atoms with Gasteiger partial charge in [-0.05, 0) is 44.2 Å². The summed E-state index contributed by atoms with van der Waals surface area (Å²) in [6.45, 7) is 2.49. The van der Waals surface area contributed by atoms with Crippen LogP contribution >= 0.6 is 11.6 Å². The zero-order valence-electron chi connectivity index (χ0n) is 12.6. The van der Waals surface area contributed by atoms with E-state index < -0.39 is 0 Å². The molecule has 22 heavy (non-hydrogen) atoms. The lowest BCUT2D eigenvalue weighted by Gasteiger charge is -2.25. The van der Waals surface area contributed by atoms with Crippen LogP contribution in [0.25, 0.3) is 0 Å². The van der Waals surface area contributed by atoms with Crippen molar-refractivity contribution in [2.75, 3.05) is 11.9 Å². The Morgan fingerprint density at radius 3 is 2.73 bits per heavy atom. The Kier molecular flexibility index (Phi) is 4.25. The van der Waals surface area contributed by atoms with E-state index in [9.17, 15) is 9.59 Å². The molecule has 2 aliphatic rings. The van der Waals surface area contributed by atoms with Gasteiger partial charge in [0.2, 0.25) is 5.91 Å². The first-order chi connectivity index (χ1) is 10.6. The van der Waals surface area contributed by atoms with E-state index >= 15 is 0 Å². The van der Waals surface area contributed by atoms with Gasteiger partial charge in [0, 0.05) is 12.6 Å². The van der Waals surface area contributed by atoms with Crippen LogP contribution in [0.3, 0.4) is 0 Å². The normalized spacial score (nSPS) is 20.8. The SMILES string of the molecule is Cc1cccc(Cl)c1NC(=O)N1CCC[C@H]1C(=O)NC1CC1. The molecule has 1 heterocycles. The summed E-state index contributed by atoms with van der Waals surface area (Å²) in [5, 5.41) is 6.34. The largest absolute Gasteiger partial charge is 0.352 e. The average molecular weight is 322 g/mol. The van der Waals surface area contributed by atoms with Crippen molar-refractivity contribution in [1.82, 2.24) is 10.2 Å². The van der Waals surface area contributed by atoms with Crippen molar-refractivity contribution in [3.05, 3.63) is 28.8 Å². The molecule has 3 amide bonds. The highest BCUT2D eigenvalue weighted by Crippen LogP contribution is 2.27. The topological polar surface area (TPSA) is 61.4 Å². The van der Waals surface area contributed by atoms with Gasteiger partial charge in [0.1, 0.15) is 6.04 Å². The van der Waals surface area contributed by atoms with E-state index in [1.165, 1.54) is 0 Å². The molecule has 0 aromatic heterocycles. The summed E-state index contributed by atoms with van der Waals surface area (Å²) in [4.78, 5) is 26.4. The Morgan fingerprint density at radius 2 is 2.05 bits per heavy atom. The van der Waals surface area contributed by atoms with Crippen LogP contribution in [0.15, 0.2) is 18.2 Å². The summed E-state index contributed by atoms with van der Waals surface area (Å²) in [5.74, 6) is -0.0361. The van der Waals surface area contributed by atoms with Crippen molar-refractivity contribution in [2.24, 2.45) is 0 Å². The summed E-state index contributed by atoms with van der Waals surface area (Å²) in [7, 11) is 0. The molecule has 0 unspecified atom stereocenters. The van der Waals surface area contributed by atoms with Gasteiger partial charge in [-0.15, -0.1) is 0 Å². The Labute approximate surface area is 135 Å². The minimum atomic E-state index is -0.372. The number of nitrogens with zero attached hydrogens (tertiary/aromatic N) is 1. The molecule has 1 aromatic carbocycles. The third-order valence-electron chi connectivity index (χ3n) is 4.19. The number of amides is 3. The van der Waals surface area contributed by atoms with Gasteiger partial charge >= 0.3 is 6.03 Å². The minimum absolute atomic E-state index is 0.0361. The van der Waals surface area contributed by atoms with Crippen molar-refractivity contribution in [3.63, 3.8) is 0 Å². The number of hydrogen-bond donors (Lipinski definition) is 2. The highest BCUT2D eigenvalue weighted by molar-refractivity contribution is 6.33. The number of anilines is 1. The van der Waals surface area contributed by atoms with Crippen LogP contribution in [-0.4, -0.2) is 35.5 Å². The van der Waals surface area contributed by atoms with Gasteiger partial charge in [-0.25, -0.2) is 4.79 Å². The number of aryl methyl sites for hydroxylation is 1. The molecule has 6 heteroatoms. The van der Waals surface area contributed by atoms with Crippen molar-refractivity contribution in [3.8, 4) is 0 Å². The number of para-hydroxylation sites is 1. The lowest BCUT2D eigenvalue weighted by molar-refractivity contribution is -0.124. The fraction of sp³-hybridized carbons (Fsp3) is 0.500. The van der Waals surface area contributed by atoms with Gasteiger partial charge in [0.05, 0.1) is 10.7 Å². The van der Waals surface area contributed by atoms with Gasteiger partial charge in [0.15, 0.2) is 0 Å². The first-order valence-corrected chi connectivity index (χ1v) is 8.07. The number of halogens is 1. The van der Waals surface area contributed by atoms with E-state index in [2.05, 4.69) is 10.6 Å². The third kappa shape index (κ3) is 3.19. The Hall–Kier alpha value is -1.75. The first kappa shape index (κ1) is 15.2. The number of carbonyl (C=O) groups is 2. The number of likely N-dealkylation sites (tertiary alicyclic amines) is 1. The van der Waals surface area contributed by atoms with Crippen molar-refractivity contribution in [1.29, 1.82) is 0 Å². The average Bonchev–Trinajstić information content (AvgIpc) is 3.15. The quantitative estimate of drug-likeness (QED) is 0.899. The Morgan fingerprint density at radius 1 is 1.27 bits per heavy atom. The summed E-state index contributed by atoms with van der Waals surface area (Å²) in [6.07, 6.45) is 3.65. The molecule has 2 fully saturated rings. The van der Waals surface area contributed by atoms with Crippen LogP contribution < -0.4 is 10.6 Å². The van der Waals surface area contributed by atoms with E-state index in [1.54, 1.807) is 11.0 Å². The summed E-state index contributed by atoms with van der Waals surface area (Å²) < 4.78 is 0. The van der Waals surface area contributed by atoms with Crippen LogP contribution in [0, 0.1) is 6.92 Å². The maximum Gasteiger partial charge on any atom is 0.322 e. The standard InChI is InChI=1S/C16H20ClN3O2/c1-10-4-2-5-12(17)14(10)19-16(22)20-9-3-6-13(20)15(21)18-11-7-8-11/h2,4-5,11,13H,3,6-9H2,1H3,(H,18,21)(H,19,22)/t13-/m0/s1. The number of carbonyl (C=O) groups excluding carboxylic acids is 2. The summed E-state index contributed by atoms with van der Waals surface area (Å²) in [6, 6.07) is 5.15. The summed E-state index contributed by atoms with van der Waals surface area (Å²) >= 11 is 6.14. The second-order valence-electron chi connectivity index (χ2n) is 6.00. The van der Waals surface area contributed by atoms with Crippen LogP contribution in [0.4, 0.5) is 10.5 Å². The number of hydrogen-bond acceptors (Lipinski definition) is 2. The molecule has 118 valence electrons. The van der Waals surface area contributed by atoms with E-state index in [0.29, 0.717) is 29.7 Å². The predicted molar refractivity (Wildman–Crippen MR) is 86.1 cm³/mol. The number of rotatable bonds is 3. The summed E-state index contributed by atoms with van der Waals surface area (Å²) in [5.41, 5.74) is 1.52. The molecule has 1 saturated heterocycles. The van der Waals surface area contributed by atoms with Crippen LogP contribution in [-0.2, 0) is 4.79 Å². The molecule has 1 aliphatic carbocycles. The number of urea groups is 1. The number of nitrogens with one attached hydrogen (secondary N) is 2. The molecule has 1 atom stereocenters. The first-order valence-electron chi connectivity index (χ1n) is 7.69. The van der Waals surface area contributed by atoms with E-state index in [0.717, 1.165) is 24.8 Å². The zero-order chi connectivity index (χ0) is 15.7. The predicted octanol–water partition coefficient (Wildman–Crippen LogP) is 2.92. The highest BCUT2D eigenvalue weighted by atomic mass is 35.5. The molecule has 5 nitrogen and oxygen atoms in total. The van der Waals surface area contributed by atoms with Gasteiger partial charge in [-0.2, -0.15) is 0 Å². The van der Waals surface area contributed by atoms with E-state index in [4.69, 9.17) is 11.6 Å². The maximum absolute atomic E-state index is 12.5. The lowest BCUT2D eigenvalue weighted by Crippen LogP contribution is -2.48. The third-order valence-corrected chi connectivity index (χ3v) is 4.51. The minimum Gasteiger partial charge on any atom is -0.352 e. The Bertz CT molecular complexity index is 581. The fourth-order valence-corrected chi connectivity index (χ4v) is 3.05. The van der Waals surface area contributed by atoms with Gasteiger partial charge in [-0.3, -0.25) is 4.79 Å². The van der Waals surface area contributed by atoms with Gasteiger partial charge in [-0.1, -0.05) is 23.7 Å². The maximum atomic E-state index is 12.5. The molecule has 3 rings (SSSR count). The van der Waals surface area contributed by atoms with E-state index in [1.807, 2.05) is 19.1 Å². The molecule has 2 N–H and O–H groups in total. The molecule has 0 spiro atoms. The zero-order valence-corrected chi connectivity index (χ0v) is 13.3. The second kappa shape index (κ2) is 6.16. The van der Waals surface area contributed by atoms with Crippen molar-refractivity contribution in [2.45, 2.75) is 44.7 Å². The molecule has 1 aromatic rings. The molecule has 0 radical (unpaired) electrons. The monoisotopic (exact) mass is 321 g/mol. The molecular weight excluding hydrogens is 302 g/mol. The van der Waals surface area contributed by atoms with Crippen molar-refractivity contribution >= 4 is 29.2 Å². The fourth-order valence-electron chi connectivity index (χ4n) is 2.78. The van der Waals surface area contributed by atoms with Gasteiger partial charge in [0.25, 0.3) is 0 Å². The molecule has 1 saturated carbocycles. The second-order valence-corrected chi connectivity index (χ2v) is 6.40. The smallest absolute Gasteiger partial charge is 0.322 e. The lowest BCUT2D eigenvalue weighted by atomic mass is 10.2.